The van der Waals surface area contributed by atoms with Crippen molar-refractivity contribution in [2.75, 3.05) is 19.6 Å². The van der Waals surface area contributed by atoms with Crippen LogP contribution in [-0.2, 0) is 10.0 Å². The quantitative estimate of drug-likeness (QED) is 0.799. The van der Waals surface area contributed by atoms with Crippen molar-refractivity contribution in [1.29, 1.82) is 0 Å². The molecule has 0 aliphatic carbocycles. The molecular weight excluding hydrogens is 354 g/mol. The Kier molecular flexibility index (Phi) is 5.11. The zero-order chi connectivity index (χ0) is 14.8. The Balaban J connectivity index is 2.11. The second-order valence-corrected chi connectivity index (χ2v) is 7.35. The molecule has 0 bridgehead atoms. The van der Waals surface area contributed by atoms with Crippen molar-refractivity contribution in [3.8, 4) is 0 Å². The van der Waals surface area contributed by atoms with E-state index in [4.69, 9.17) is 0 Å². The van der Waals surface area contributed by atoms with Gasteiger partial charge >= 0.3 is 0 Å². The SMILES string of the molecule is O=S(=O)(NCC1CCCNC1)c1cc(F)c(Br)cc1F. The molecule has 0 amide bonds. The van der Waals surface area contributed by atoms with Crippen LogP contribution in [0.4, 0.5) is 8.78 Å². The first-order valence-corrected chi connectivity index (χ1v) is 8.52. The summed E-state index contributed by atoms with van der Waals surface area (Å²) in [4.78, 5) is -0.665. The summed E-state index contributed by atoms with van der Waals surface area (Å²) in [7, 11) is -4.04. The fourth-order valence-corrected chi connectivity index (χ4v) is 3.61. The molecule has 1 fully saturated rings. The number of halogens is 3. The molecule has 1 aliphatic heterocycles. The third-order valence-corrected chi connectivity index (χ3v) is 5.27. The minimum atomic E-state index is -4.04. The lowest BCUT2D eigenvalue weighted by Crippen LogP contribution is -2.38. The number of sulfonamides is 1. The Hall–Kier alpha value is -0.570. The van der Waals surface area contributed by atoms with Crippen LogP contribution in [0.5, 0.6) is 0 Å². The van der Waals surface area contributed by atoms with Gasteiger partial charge in [-0.05, 0) is 59.9 Å². The molecule has 0 aromatic heterocycles. The molecule has 2 N–H and O–H groups in total. The Morgan fingerprint density at radius 3 is 2.75 bits per heavy atom. The normalized spacial score (nSPS) is 20.1. The average molecular weight is 369 g/mol. The molecule has 1 aliphatic rings. The lowest BCUT2D eigenvalue weighted by atomic mass is 10.0. The van der Waals surface area contributed by atoms with Gasteiger partial charge in [-0.15, -0.1) is 0 Å². The van der Waals surface area contributed by atoms with Crippen LogP contribution < -0.4 is 10.0 Å². The summed E-state index contributed by atoms with van der Waals surface area (Å²) in [5.74, 6) is -1.62. The number of piperidine rings is 1. The van der Waals surface area contributed by atoms with Crippen LogP contribution in [0.3, 0.4) is 0 Å². The second-order valence-electron chi connectivity index (χ2n) is 4.76. The van der Waals surface area contributed by atoms with Gasteiger partial charge in [0.2, 0.25) is 10.0 Å². The Bertz CT molecular complexity index is 589. The number of rotatable bonds is 4. The van der Waals surface area contributed by atoms with Crippen LogP contribution in [0.15, 0.2) is 21.5 Å². The molecule has 8 heteroatoms. The van der Waals surface area contributed by atoms with Crippen LogP contribution in [-0.4, -0.2) is 28.1 Å². The summed E-state index contributed by atoms with van der Waals surface area (Å²) < 4.78 is 53.3. The Labute approximate surface area is 125 Å². The molecule has 0 radical (unpaired) electrons. The van der Waals surface area contributed by atoms with Gasteiger partial charge in [0.1, 0.15) is 16.5 Å². The van der Waals surface area contributed by atoms with Gasteiger partial charge < -0.3 is 5.32 Å². The van der Waals surface area contributed by atoms with Gasteiger partial charge in [-0.1, -0.05) is 0 Å². The Morgan fingerprint density at radius 2 is 2.10 bits per heavy atom. The van der Waals surface area contributed by atoms with Gasteiger partial charge in [0.05, 0.1) is 4.47 Å². The van der Waals surface area contributed by atoms with Crippen molar-refractivity contribution in [2.24, 2.45) is 5.92 Å². The molecule has 1 aromatic rings. The molecule has 2 rings (SSSR count). The Morgan fingerprint density at radius 1 is 1.35 bits per heavy atom. The number of hydrogen-bond donors (Lipinski definition) is 2. The van der Waals surface area contributed by atoms with E-state index in [0.29, 0.717) is 6.07 Å². The maximum Gasteiger partial charge on any atom is 0.243 e. The maximum absolute atomic E-state index is 13.7. The first-order chi connectivity index (χ1) is 9.40. The van der Waals surface area contributed by atoms with E-state index in [9.17, 15) is 17.2 Å². The van der Waals surface area contributed by atoms with Gasteiger partial charge in [0.25, 0.3) is 0 Å². The minimum Gasteiger partial charge on any atom is -0.316 e. The van der Waals surface area contributed by atoms with E-state index in [2.05, 4.69) is 26.0 Å². The van der Waals surface area contributed by atoms with Crippen molar-refractivity contribution in [3.63, 3.8) is 0 Å². The molecular formula is C12H15BrF2N2O2S. The monoisotopic (exact) mass is 368 g/mol. The van der Waals surface area contributed by atoms with Gasteiger partial charge in [-0.2, -0.15) is 0 Å². The highest BCUT2D eigenvalue weighted by Crippen LogP contribution is 2.23. The number of benzene rings is 1. The lowest BCUT2D eigenvalue weighted by molar-refractivity contribution is 0.375. The molecule has 1 atom stereocenters. The van der Waals surface area contributed by atoms with E-state index in [0.717, 1.165) is 32.0 Å². The third-order valence-electron chi connectivity index (χ3n) is 3.23. The lowest BCUT2D eigenvalue weighted by Gasteiger charge is -2.22. The highest BCUT2D eigenvalue weighted by atomic mass is 79.9. The second kappa shape index (κ2) is 6.46. The number of hydrogen-bond acceptors (Lipinski definition) is 3. The molecule has 0 spiro atoms. The van der Waals surface area contributed by atoms with Crippen LogP contribution in [0.1, 0.15) is 12.8 Å². The molecule has 4 nitrogen and oxygen atoms in total. The van der Waals surface area contributed by atoms with E-state index >= 15 is 0 Å². The van der Waals surface area contributed by atoms with E-state index in [-0.39, 0.29) is 16.9 Å². The highest BCUT2D eigenvalue weighted by Gasteiger charge is 2.23. The van der Waals surface area contributed by atoms with Gasteiger partial charge in [0, 0.05) is 6.54 Å². The average Bonchev–Trinajstić information content (AvgIpc) is 2.42. The summed E-state index contributed by atoms with van der Waals surface area (Å²) in [6, 6.07) is 1.49. The predicted molar refractivity (Wildman–Crippen MR) is 74.8 cm³/mol. The first-order valence-electron chi connectivity index (χ1n) is 6.25. The molecule has 20 heavy (non-hydrogen) atoms. The summed E-state index contributed by atoms with van der Waals surface area (Å²) >= 11 is 2.81. The molecule has 112 valence electrons. The standard InChI is InChI=1S/C12H15BrF2N2O2S/c13-9-4-11(15)12(5-10(9)14)20(18,19)17-7-8-2-1-3-16-6-8/h4-5,8,16-17H,1-3,6-7H2. The van der Waals surface area contributed by atoms with Crippen molar-refractivity contribution in [1.82, 2.24) is 10.0 Å². The van der Waals surface area contributed by atoms with Crippen LogP contribution in [0, 0.1) is 17.6 Å². The highest BCUT2D eigenvalue weighted by molar-refractivity contribution is 9.10. The van der Waals surface area contributed by atoms with Crippen molar-refractivity contribution in [2.45, 2.75) is 17.7 Å². The van der Waals surface area contributed by atoms with Gasteiger partial charge in [-0.3, -0.25) is 0 Å². The zero-order valence-electron chi connectivity index (χ0n) is 10.6. The van der Waals surface area contributed by atoms with E-state index in [1.807, 2.05) is 0 Å². The van der Waals surface area contributed by atoms with Crippen molar-refractivity contribution in [3.05, 3.63) is 28.2 Å². The molecule has 0 saturated carbocycles. The molecule has 1 unspecified atom stereocenters. The van der Waals surface area contributed by atoms with Gasteiger partial charge in [0.15, 0.2) is 0 Å². The van der Waals surface area contributed by atoms with Gasteiger partial charge in [-0.25, -0.2) is 21.9 Å². The van der Waals surface area contributed by atoms with E-state index < -0.39 is 26.6 Å². The van der Waals surface area contributed by atoms with Crippen LogP contribution >= 0.6 is 15.9 Å². The smallest absolute Gasteiger partial charge is 0.243 e. The molecule has 1 heterocycles. The largest absolute Gasteiger partial charge is 0.316 e. The molecule has 1 saturated heterocycles. The zero-order valence-corrected chi connectivity index (χ0v) is 13.0. The maximum atomic E-state index is 13.7. The summed E-state index contributed by atoms with van der Waals surface area (Å²) in [6.07, 6.45) is 1.89. The summed E-state index contributed by atoms with van der Waals surface area (Å²) in [6.45, 7) is 1.86. The van der Waals surface area contributed by atoms with E-state index in [1.165, 1.54) is 0 Å². The molecule has 1 aromatic carbocycles. The summed E-state index contributed by atoms with van der Waals surface area (Å²) in [5, 5.41) is 3.16. The fourth-order valence-electron chi connectivity index (χ4n) is 2.11. The van der Waals surface area contributed by atoms with Crippen LogP contribution in [0.25, 0.3) is 0 Å². The summed E-state index contributed by atoms with van der Waals surface area (Å²) in [5.41, 5.74) is 0. The first kappa shape index (κ1) is 15.8. The third kappa shape index (κ3) is 3.75. The predicted octanol–water partition coefficient (Wildman–Crippen LogP) is 2.01. The van der Waals surface area contributed by atoms with Crippen molar-refractivity contribution < 1.29 is 17.2 Å². The van der Waals surface area contributed by atoms with Crippen LogP contribution in [0.2, 0.25) is 0 Å². The number of nitrogens with one attached hydrogen (secondary N) is 2. The van der Waals surface area contributed by atoms with Crippen molar-refractivity contribution >= 4 is 26.0 Å². The fraction of sp³-hybridized carbons (Fsp3) is 0.500. The topological polar surface area (TPSA) is 58.2 Å². The van der Waals surface area contributed by atoms with E-state index in [1.54, 1.807) is 0 Å². The minimum absolute atomic E-state index is 0.106.